The highest BCUT2D eigenvalue weighted by atomic mass is 32.1. The van der Waals surface area contributed by atoms with Crippen LogP contribution in [0.5, 0.6) is 0 Å². The molecule has 8 heteroatoms. The van der Waals surface area contributed by atoms with Gasteiger partial charge in [0, 0.05) is 35.7 Å². The van der Waals surface area contributed by atoms with Crippen LogP contribution in [0.4, 0.5) is 18.3 Å². The molecule has 31 heavy (non-hydrogen) atoms. The number of hydrogen-bond donors (Lipinski definition) is 2. The minimum atomic E-state index is -4.35. The molecule has 0 saturated carbocycles. The number of pyridine rings is 1. The summed E-state index contributed by atoms with van der Waals surface area (Å²) in [6.45, 7) is 3.97. The van der Waals surface area contributed by atoms with Gasteiger partial charge in [0.05, 0.1) is 10.4 Å². The maximum absolute atomic E-state index is 12.7. The summed E-state index contributed by atoms with van der Waals surface area (Å²) in [6.07, 6.45) is 1.37. The average Bonchev–Trinajstić information content (AvgIpc) is 3.21. The summed E-state index contributed by atoms with van der Waals surface area (Å²) in [7, 11) is 0. The van der Waals surface area contributed by atoms with Gasteiger partial charge in [0.25, 0.3) is 0 Å². The molecular formula is C23H19F3N4S. The summed E-state index contributed by atoms with van der Waals surface area (Å²) in [4.78, 5) is 9.51. The van der Waals surface area contributed by atoms with Gasteiger partial charge in [-0.25, -0.2) is 4.98 Å². The first-order valence-electron chi connectivity index (χ1n) is 9.47. The highest BCUT2D eigenvalue weighted by molar-refractivity contribution is 7.18. The molecule has 1 atom stereocenters. The molecule has 0 radical (unpaired) electrons. The molecule has 0 bridgehead atoms. The molecule has 2 aromatic carbocycles. The number of nitrogens with zero attached hydrogens (tertiary/aromatic N) is 2. The first-order chi connectivity index (χ1) is 14.8. The van der Waals surface area contributed by atoms with Gasteiger partial charge < -0.3 is 11.1 Å². The number of nitrogens with one attached hydrogen (secondary N) is 1. The van der Waals surface area contributed by atoms with Crippen LogP contribution in [-0.4, -0.2) is 16.0 Å². The zero-order chi connectivity index (χ0) is 22.0. The number of fused-ring (bicyclic) bond motifs is 1. The van der Waals surface area contributed by atoms with E-state index >= 15 is 0 Å². The van der Waals surface area contributed by atoms with E-state index in [9.17, 15) is 13.2 Å². The van der Waals surface area contributed by atoms with Crippen molar-refractivity contribution in [3.63, 3.8) is 0 Å². The number of aromatic nitrogens is 2. The zero-order valence-electron chi connectivity index (χ0n) is 16.4. The van der Waals surface area contributed by atoms with E-state index in [4.69, 9.17) is 5.73 Å². The van der Waals surface area contributed by atoms with Gasteiger partial charge in [0.2, 0.25) is 0 Å². The number of rotatable bonds is 6. The zero-order valence-corrected chi connectivity index (χ0v) is 17.2. The number of alkyl halides is 3. The van der Waals surface area contributed by atoms with E-state index in [0.29, 0.717) is 22.8 Å². The molecule has 0 amide bonds. The van der Waals surface area contributed by atoms with Gasteiger partial charge in [-0.2, -0.15) is 13.2 Å². The predicted molar refractivity (Wildman–Crippen MR) is 119 cm³/mol. The fourth-order valence-corrected chi connectivity index (χ4v) is 3.99. The molecule has 0 saturated heterocycles. The SMILES string of the molecule is C=C(Nc1ncc(-c2ccc3cnccc3c2)s1)[C@@H](N)Cc1ccc(C(F)(F)F)cc1. The van der Waals surface area contributed by atoms with E-state index in [1.165, 1.54) is 23.5 Å². The fraction of sp³-hybridized carbons (Fsp3) is 0.130. The molecule has 4 nitrogen and oxygen atoms in total. The van der Waals surface area contributed by atoms with Crippen molar-refractivity contribution in [1.29, 1.82) is 0 Å². The van der Waals surface area contributed by atoms with Crippen LogP contribution < -0.4 is 11.1 Å². The highest BCUT2D eigenvalue weighted by Crippen LogP contribution is 2.32. The Hall–Kier alpha value is -3.23. The normalized spacial score (nSPS) is 12.6. The average molecular weight is 440 g/mol. The largest absolute Gasteiger partial charge is 0.416 e. The molecule has 0 aliphatic heterocycles. The van der Waals surface area contributed by atoms with E-state index in [-0.39, 0.29) is 0 Å². The minimum absolute atomic E-state index is 0.362. The Bertz CT molecular complexity index is 1220. The fourth-order valence-electron chi connectivity index (χ4n) is 3.14. The number of thiazole rings is 1. The maximum atomic E-state index is 12.7. The van der Waals surface area contributed by atoms with E-state index in [1.54, 1.807) is 12.4 Å². The molecule has 0 spiro atoms. The Labute approximate surface area is 181 Å². The third-order valence-corrected chi connectivity index (χ3v) is 5.84. The minimum Gasteiger partial charge on any atom is -0.334 e. The van der Waals surface area contributed by atoms with Crippen LogP contribution in [0.25, 0.3) is 21.2 Å². The first kappa shape index (κ1) is 21.0. The summed E-state index contributed by atoms with van der Waals surface area (Å²) in [6, 6.07) is 12.6. The van der Waals surface area contributed by atoms with E-state index in [1.807, 2.05) is 24.4 Å². The molecule has 2 heterocycles. The molecular weight excluding hydrogens is 421 g/mol. The molecule has 2 aromatic heterocycles. The van der Waals surface area contributed by atoms with E-state index in [0.717, 1.165) is 33.3 Å². The summed E-state index contributed by atoms with van der Waals surface area (Å²) in [5.41, 5.74) is 7.80. The van der Waals surface area contributed by atoms with Gasteiger partial charge in [-0.05, 0) is 47.2 Å². The van der Waals surface area contributed by atoms with Crippen LogP contribution in [-0.2, 0) is 12.6 Å². The topological polar surface area (TPSA) is 63.8 Å². The summed E-state index contributed by atoms with van der Waals surface area (Å²) >= 11 is 1.47. The van der Waals surface area contributed by atoms with Crippen LogP contribution in [0.3, 0.4) is 0 Å². The molecule has 0 aliphatic rings. The van der Waals surface area contributed by atoms with Crippen molar-refractivity contribution in [3.8, 4) is 10.4 Å². The highest BCUT2D eigenvalue weighted by Gasteiger charge is 2.30. The van der Waals surface area contributed by atoms with E-state index in [2.05, 4.69) is 27.9 Å². The Morgan fingerprint density at radius 2 is 1.84 bits per heavy atom. The monoisotopic (exact) mass is 440 g/mol. The summed E-state index contributed by atoms with van der Waals surface area (Å²) in [5.74, 6) is 0. The van der Waals surface area contributed by atoms with Crippen LogP contribution in [0, 0.1) is 0 Å². The summed E-state index contributed by atoms with van der Waals surface area (Å²) in [5, 5.41) is 5.94. The van der Waals surface area contributed by atoms with Crippen LogP contribution >= 0.6 is 11.3 Å². The second-order valence-electron chi connectivity index (χ2n) is 7.12. The number of anilines is 1. The molecule has 0 aliphatic carbocycles. The van der Waals surface area contributed by atoms with Crippen LogP contribution in [0.1, 0.15) is 11.1 Å². The van der Waals surface area contributed by atoms with Gasteiger partial charge in [0.15, 0.2) is 5.13 Å². The van der Waals surface area contributed by atoms with Crippen molar-refractivity contribution in [1.82, 2.24) is 9.97 Å². The Balaban J connectivity index is 1.41. The van der Waals surface area contributed by atoms with Crippen LogP contribution in [0.2, 0.25) is 0 Å². The molecule has 4 aromatic rings. The predicted octanol–water partition coefficient (Wildman–Crippen LogP) is 5.87. The number of hydrogen-bond acceptors (Lipinski definition) is 5. The van der Waals surface area contributed by atoms with Crippen molar-refractivity contribution in [2.75, 3.05) is 5.32 Å². The molecule has 158 valence electrons. The van der Waals surface area contributed by atoms with Crippen molar-refractivity contribution < 1.29 is 13.2 Å². The quantitative estimate of drug-likeness (QED) is 0.393. The lowest BCUT2D eigenvalue weighted by Crippen LogP contribution is -2.28. The van der Waals surface area contributed by atoms with Crippen molar-refractivity contribution >= 4 is 27.2 Å². The van der Waals surface area contributed by atoms with Crippen LogP contribution in [0.15, 0.2) is 79.4 Å². The third kappa shape index (κ3) is 4.92. The Kier molecular flexibility index (Phi) is 5.75. The smallest absolute Gasteiger partial charge is 0.334 e. The first-order valence-corrected chi connectivity index (χ1v) is 10.3. The van der Waals surface area contributed by atoms with Gasteiger partial charge in [-0.3, -0.25) is 4.98 Å². The molecule has 3 N–H and O–H groups in total. The van der Waals surface area contributed by atoms with Crippen molar-refractivity contribution in [2.45, 2.75) is 18.6 Å². The molecule has 4 rings (SSSR count). The van der Waals surface area contributed by atoms with Gasteiger partial charge >= 0.3 is 6.18 Å². The third-order valence-electron chi connectivity index (χ3n) is 4.88. The second kappa shape index (κ2) is 8.49. The number of nitrogens with two attached hydrogens (primary N) is 1. The standard InChI is InChI=1S/C23H19F3N4S/c1-14(20(27)10-15-2-6-19(7-3-15)23(24,25)26)30-22-29-13-21(31-22)17-4-5-18-12-28-9-8-16(18)11-17/h2-9,11-13,20H,1,10,27H2,(H,29,30)/t20-/m0/s1. The lowest BCUT2D eigenvalue weighted by Gasteiger charge is -2.16. The van der Waals surface area contributed by atoms with Crippen molar-refractivity contribution in [2.24, 2.45) is 5.73 Å². The molecule has 0 unspecified atom stereocenters. The lowest BCUT2D eigenvalue weighted by molar-refractivity contribution is -0.137. The Morgan fingerprint density at radius 1 is 1.06 bits per heavy atom. The summed E-state index contributed by atoms with van der Waals surface area (Å²) < 4.78 is 38.1. The second-order valence-corrected chi connectivity index (χ2v) is 8.15. The van der Waals surface area contributed by atoms with Gasteiger partial charge in [0.1, 0.15) is 0 Å². The van der Waals surface area contributed by atoms with Gasteiger partial charge in [-0.15, -0.1) is 0 Å². The Morgan fingerprint density at radius 3 is 2.58 bits per heavy atom. The van der Waals surface area contributed by atoms with E-state index < -0.39 is 17.8 Å². The number of benzene rings is 2. The van der Waals surface area contributed by atoms with Gasteiger partial charge in [-0.1, -0.05) is 42.2 Å². The van der Waals surface area contributed by atoms with Crippen molar-refractivity contribution in [3.05, 3.63) is 90.5 Å². The maximum Gasteiger partial charge on any atom is 0.416 e. The molecule has 0 fully saturated rings. The lowest BCUT2D eigenvalue weighted by atomic mass is 10.0. The number of halogens is 3.